The quantitative estimate of drug-likeness (QED) is 0.901. The largest absolute Gasteiger partial charge is 0.481 e. The van der Waals surface area contributed by atoms with Gasteiger partial charge >= 0.3 is 12.0 Å². The van der Waals surface area contributed by atoms with E-state index in [4.69, 9.17) is 5.11 Å². The first kappa shape index (κ1) is 14.3. The van der Waals surface area contributed by atoms with Crippen LogP contribution in [0.4, 0.5) is 4.79 Å². The molecular formula is C14H19N3O3. The number of nitrogens with zero attached hydrogens (tertiary/aromatic N) is 3. The number of rotatable bonds is 4. The highest BCUT2D eigenvalue weighted by Crippen LogP contribution is 2.18. The minimum absolute atomic E-state index is 0.117. The van der Waals surface area contributed by atoms with Crippen molar-refractivity contribution < 1.29 is 14.7 Å². The molecule has 0 radical (unpaired) electrons. The maximum absolute atomic E-state index is 12.2. The van der Waals surface area contributed by atoms with Gasteiger partial charge in [0.25, 0.3) is 0 Å². The van der Waals surface area contributed by atoms with E-state index in [1.165, 1.54) is 0 Å². The number of hydrogen-bond acceptors (Lipinski definition) is 3. The third kappa shape index (κ3) is 3.07. The zero-order chi connectivity index (χ0) is 14.7. The number of carbonyl (C=O) groups is 2. The van der Waals surface area contributed by atoms with Gasteiger partial charge in [-0.2, -0.15) is 0 Å². The summed E-state index contributed by atoms with van der Waals surface area (Å²) in [6.07, 6.45) is 0. The summed E-state index contributed by atoms with van der Waals surface area (Å²) in [6, 6.07) is 5.60. The molecule has 0 bridgehead atoms. The summed E-state index contributed by atoms with van der Waals surface area (Å²) in [4.78, 5) is 30.6. The molecule has 0 saturated carbocycles. The van der Waals surface area contributed by atoms with Crippen molar-refractivity contribution in [1.82, 2.24) is 14.8 Å². The van der Waals surface area contributed by atoms with Gasteiger partial charge in [0, 0.05) is 25.3 Å². The summed E-state index contributed by atoms with van der Waals surface area (Å²) in [5, 5.41) is 8.83. The van der Waals surface area contributed by atoms with Gasteiger partial charge in [0.2, 0.25) is 0 Å². The van der Waals surface area contributed by atoms with Crippen molar-refractivity contribution >= 4 is 12.0 Å². The Kier molecular flexibility index (Phi) is 4.22. The molecule has 1 fully saturated rings. The van der Waals surface area contributed by atoms with Gasteiger partial charge in [0.1, 0.15) is 0 Å². The molecule has 0 spiro atoms. The van der Waals surface area contributed by atoms with Crippen molar-refractivity contribution in [3.8, 4) is 0 Å². The molecule has 2 amide bonds. The average Bonchev–Trinajstić information content (AvgIpc) is 2.33. The lowest BCUT2D eigenvalue weighted by Crippen LogP contribution is -2.56. The molecule has 108 valence electrons. The molecule has 0 unspecified atom stereocenters. The molecule has 20 heavy (non-hydrogen) atoms. The summed E-state index contributed by atoms with van der Waals surface area (Å²) in [5.41, 5.74) is 1.76. The van der Waals surface area contributed by atoms with Gasteiger partial charge in [-0.3, -0.25) is 9.78 Å². The summed E-state index contributed by atoms with van der Waals surface area (Å²) in [5.74, 6) is -1.26. The Morgan fingerprint density at radius 2 is 2.15 bits per heavy atom. The van der Waals surface area contributed by atoms with Gasteiger partial charge in [-0.15, -0.1) is 0 Å². The summed E-state index contributed by atoms with van der Waals surface area (Å²) >= 11 is 0. The van der Waals surface area contributed by atoms with Crippen molar-refractivity contribution in [3.05, 3.63) is 29.6 Å². The minimum atomic E-state index is -0.836. The predicted molar refractivity (Wildman–Crippen MR) is 73.2 cm³/mol. The molecule has 1 aromatic heterocycles. The van der Waals surface area contributed by atoms with Gasteiger partial charge in [-0.25, -0.2) is 4.79 Å². The molecule has 1 aliphatic heterocycles. The van der Waals surface area contributed by atoms with Crippen molar-refractivity contribution in [2.75, 3.05) is 19.6 Å². The van der Waals surface area contributed by atoms with E-state index < -0.39 is 11.9 Å². The second-order valence-corrected chi connectivity index (χ2v) is 5.01. The smallest absolute Gasteiger partial charge is 0.320 e. The van der Waals surface area contributed by atoms with Gasteiger partial charge < -0.3 is 14.9 Å². The first-order chi connectivity index (χ1) is 9.51. The molecule has 6 nitrogen and oxygen atoms in total. The monoisotopic (exact) mass is 277 g/mol. The average molecular weight is 277 g/mol. The van der Waals surface area contributed by atoms with Crippen LogP contribution < -0.4 is 0 Å². The second kappa shape index (κ2) is 5.90. The number of pyridine rings is 1. The van der Waals surface area contributed by atoms with Gasteiger partial charge in [0.05, 0.1) is 18.2 Å². The maximum atomic E-state index is 12.2. The predicted octanol–water partition coefficient (Wildman–Crippen LogP) is 1.35. The molecule has 0 aromatic carbocycles. The van der Waals surface area contributed by atoms with Crippen LogP contribution in [0.1, 0.15) is 18.3 Å². The normalized spacial score (nSPS) is 14.8. The van der Waals surface area contributed by atoms with Crippen LogP contribution in [0.25, 0.3) is 0 Å². The Morgan fingerprint density at radius 3 is 2.70 bits per heavy atom. The van der Waals surface area contributed by atoms with E-state index in [9.17, 15) is 9.59 Å². The molecule has 1 aromatic rings. The molecular weight excluding hydrogens is 258 g/mol. The second-order valence-electron chi connectivity index (χ2n) is 5.01. The lowest BCUT2D eigenvalue weighted by Gasteiger charge is -2.39. The SMILES string of the molecule is CCN(Cc1cccc(C)n1)C(=O)N1CC(C(=O)O)C1. The Balaban J connectivity index is 1.95. The van der Waals surface area contributed by atoms with E-state index in [-0.39, 0.29) is 6.03 Å². The first-order valence-corrected chi connectivity index (χ1v) is 6.70. The van der Waals surface area contributed by atoms with E-state index in [2.05, 4.69) is 4.98 Å². The van der Waals surface area contributed by atoms with Crippen LogP contribution in [-0.2, 0) is 11.3 Å². The fourth-order valence-corrected chi connectivity index (χ4v) is 2.19. The number of aromatic nitrogens is 1. The molecule has 6 heteroatoms. The maximum Gasteiger partial charge on any atom is 0.320 e. The molecule has 2 heterocycles. The fourth-order valence-electron chi connectivity index (χ4n) is 2.19. The van der Waals surface area contributed by atoms with E-state index in [1.54, 1.807) is 9.80 Å². The van der Waals surface area contributed by atoms with Gasteiger partial charge in [-0.1, -0.05) is 6.07 Å². The molecule has 1 saturated heterocycles. The number of amides is 2. The van der Waals surface area contributed by atoms with Crippen molar-refractivity contribution in [1.29, 1.82) is 0 Å². The standard InChI is InChI=1S/C14H19N3O3/c1-3-16(9-12-6-4-5-10(2)15-12)14(20)17-7-11(8-17)13(18)19/h4-6,11H,3,7-9H2,1-2H3,(H,18,19). The molecule has 0 atom stereocenters. The van der Waals surface area contributed by atoms with Crippen LogP contribution in [0.2, 0.25) is 0 Å². The van der Waals surface area contributed by atoms with E-state index in [0.717, 1.165) is 11.4 Å². The van der Waals surface area contributed by atoms with Crippen LogP contribution in [0.15, 0.2) is 18.2 Å². The number of hydrogen-bond donors (Lipinski definition) is 1. The zero-order valence-corrected chi connectivity index (χ0v) is 11.7. The number of aliphatic carboxylic acids is 1. The van der Waals surface area contributed by atoms with Crippen LogP contribution in [0.3, 0.4) is 0 Å². The molecule has 1 aliphatic rings. The summed E-state index contributed by atoms with van der Waals surface area (Å²) in [7, 11) is 0. The third-order valence-electron chi connectivity index (χ3n) is 3.45. The highest BCUT2D eigenvalue weighted by Gasteiger charge is 2.37. The lowest BCUT2D eigenvalue weighted by molar-refractivity contribution is -0.146. The van der Waals surface area contributed by atoms with Crippen LogP contribution in [0.5, 0.6) is 0 Å². The van der Waals surface area contributed by atoms with Crippen LogP contribution >= 0.6 is 0 Å². The number of carboxylic acid groups (broad SMARTS) is 1. The van der Waals surface area contributed by atoms with Crippen molar-refractivity contribution in [3.63, 3.8) is 0 Å². The Bertz CT molecular complexity index is 512. The van der Waals surface area contributed by atoms with E-state index in [0.29, 0.717) is 26.2 Å². The van der Waals surface area contributed by atoms with Crippen LogP contribution in [-0.4, -0.2) is 51.5 Å². The first-order valence-electron chi connectivity index (χ1n) is 6.70. The van der Waals surface area contributed by atoms with Crippen molar-refractivity contribution in [2.24, 2.45) is 5.92 Å². The zero-order valence-electron chi connectivity index (χ0n) is 11.7. The fraction of sp³-hybridized carbons (Fsp3) is 0.500. The Morgan fingerprint density at radius 1 is 1.45 bits per heavy atom. The highest BCUT2D eigenvalue weighted by atomic mass is 16.4. The Labute approximate surface area is 118 Å². The van der Waals surface area contributed by atoms with E-state index in [1.807, 2.05) is 32.0 Å². The highest BCUT2D eigenvalue weighted by molar-refractivity contribution is 5.79. The number of urea groups is 1. The topological polar surface area (TPSA) is 73.7 Å². The minimum Gasteiger partial charge on any atom is -0.481 e. The van der Waals surface area contributed by atoms with Gasteiger partial charge in [0.15, 0.2) is 0 Å². The summed E-state index contributed by atoms with van der Waals surface area (Å²) < 4.78 is 0. The third-order valence-corrected chi connectivity index (χ3v) is 3.45. The number of carboxylic acids is 1. The molecule has 2 rings (SSSR count). The molecule has 1 N–H and O–H groups in total. The van der Waals surface area contributed by atoms with E-state index >= 15 is 0 Å². The lowest BCUT2D eigenvalue weighted by atomic mass is 10.0. The van der Waals surface area contributed by atoms with Crippen molar-refractivity contribution in [2.45, 2.75) is 20.4 Å². The number of carbonyl (C=O) groups excluding carboxylic acids is 1. The molecule has 0 aliphatic carbocycles. The number of aryl methyl sites for hydroxylation is 1. The number of likely N-dealkylation sites (tertiary alicyclic amines) is 1. The van der Waals surface area contributed by atoms with Gasteiger partial charge in [-0.05, 0) is 26.0 Å². The summed E-state index contributed by atoms with van der Waals surface area (Å²) in [6.45, 7) is 5.43. The van der Waals surface area contributed by atoms with Crippen LogP contribution in [0, 0.1) is 12.8 Å². The Hall–Kier alpha value is -2.11.